The maximum atomic E-state index is 12.7. The number of nitrogens with zero attached hydrogens (tertiary/aromatic N) is 5. The Morgan fingerprint density at radius 3 is 2.78 bits per heavy atom. The zero-order valence-corrected chi connectivity index (χ0v) is 15.6. The summed E-state index contributed by atoms with van der Waals surface area (Å²) >= 11 is 0. The molecule has 1 unspecified atom stereocenters. The Hall–Kier alpha value is -2.96. The summed E-state index contributed by atoms with van der Waals surface area (Å²) in [6.45, 7) is 5.40. The van der Waals surface area contributed by atoms with Gasteiger partial charge in [-0.25, -0.2) is 18.9 Å². The number of piperidine rings is 1. The fourth-order valence-electron chi connectivity index (χ4n) is 3.70. The first-order valence-corrected chi connectivity index (χ1v) is 9.33. The van der Waals surface area contributed by atoms with Crippen molar-refractivity contribution < 1.29 is 4.79 Å². The molecule has 0 N–H and O–H groups in total. The average molecular weight is 365 g/mol. The summed E-state index contributed by atoms with van der Waals surface area (Å²) < 4.78 is 2.71. The number of hydrogen-bond acceptors (Lipinski definition) is 4. The van der Waals surface area contributed by atoms with Crippen LogP contribution >= 0.6 is 0 Å². The predicted octanol–water partition coefficient (Wildman–Crippen LogP) is 2.12. The van der Waals surface area contributed by atoms with Gasteiger partial charge in [-0.05, 0) is 25.7 Å². The lowest BCUT2D eigenvalue weighted by molar-refractivity contribution is -0.133. The second-order valence-corrected chi connectivity index (χ2v) is 7.28. The molecular weight excluding hydrogens is 342 g/mol. The van der Waals surface area contributed by atoms with Crippen molar-refractivity contribution in [3.63, 3.8) is 0 Å². The Morgan fingerprint density at radius 1 is 1.26 bits per heavy atom. The minimum absolute atomic E-state index is 0.0344. The van der Waals surface area contributed by atoms with Crippen LogP contribution < -0.4 is 5.69 Å². The topological polar surface area (TPSA) is 72.5 Å². The van der Waals surface area contributed by atoms with Gasteiger partial charge in [-0.3, -0.25) is 4.79 Å². The van der Waals surface area contributed by atoms with E-state index >= 15 is 0 Å². The van der Waals surface area contributed by atoms with Crippen molar-refractivity contribution in [3.8, 4) is 11.3 Å². The van der Waals surface area contributed by atoms with E-state index in [4.69, 9.17) is 0 Å². The van der Waals surface area contributed by atoms with Gasteiger partial charge < -0.3 is 4.90 Å². The van der Waals surface area contributed by atoms with Crippen LogP contribution in [-0.2, 0) is 11.3 Å². The van der Waals surface area contributed by atoms with E-state index < -0.39 is 0 Å². The van der Waals surface area contributed by atoms with Gasteiger partial charge in [0, 0.05) is 24.7 Å². The van der Waals surface area contributed by atoms with Gasteiger partial charge in [0.15, 0.2) is 5.65 Å². The van der Waals surface area contributed by atoms with Crippen molar-refractivity contribution in [2.45, 2.75) is 33.2 Å². The summed E-state index contributed by atoms with van der Waals surface area (Å²) in [4.78, 5) is 31.7. The fraction of sp³-hybridized carbons (Fsp3) is 0.400. The zero-order chi connectivity index (χ0) is 19.0. The minimum Gasteiger partial charge on any atom is -0.341 e. The molecule has 0 bridgehead atoms. The van der Waals surface area contributed by atoms with Crippen LogP contribution in [0.2, 0.25) is 0 Å². The SMILES string of the molecule is Cc1nc(-c2ccccc2)cc2nn(CC(=O)N3CCCC(C)C3)c(=O)n12. The van der Waals surface area contributed by atoms with Gasteiger partial charge >= 0.3 is 5.69 Å². The van der Waals surface area contributed by atoms with E-state index in [2.05, 4.69) is 17.0 Å². The number of likely N-dealkylation sites (tertiary alicyclic amines) is 1. The van der Waals surface area contributed by atoms with Crippen molar-refractivity contribution in [1.29, 1.82) is 0 Å². The molecule has 140 valence electrons. The second-order valence-electron chi connectivity index (χ2n) is 7.28. The van der Waals surface area contributed by atoms with Gasteiger partial charge in [0.25, 0.3) is 0 Å². The Morgan fingerprint density at radius 2 is 2.04 bits per heavy atom. The smallest absolute Gasteiger partial charge is 0.341 e. The molecule has 0 saturated carbocycles. The van der Waals surface area contributed by atoms with E-state index in [1.807, 2.05) is 35.2 Å². The quantitative estimate of drug-likeness (QED) is 0.713. The van der Waals surface area contributed by atoms with Crippen LogP contribution in [0.25, 0.3) is 16.9 Å². The van der Waals surface area contributed by atoms with Crippen molar-refractivity contribution in [2.24, 2.45) is 5.92 Å². The molecule has 2 aromatic heterocycles. The Labute approximate surface area is 157 Å². The van der Waals surface area contributed by atoms with Gasteiger partial charge in [-0.15, -0.1) is 5.10 Å². The van der Waals surface area contributed by atoms with Crippen LogP contribution in [-0.4, -0.2) is 43.1 Å². The first-order chi connectivity index (χ1) is 13.0. The number of rotatable bonds is 3. The van der Waals surface area contributed by atoms with Crippen LogP contribution in [0.1, 0.15) is 25.6 Å². The largest absolute Gasteiger partial charge is 0.352 e. The molecule has 0 spiro atoms. The van der Waals surface area contributed by atoms with E-state index in [-0.39, 0.29) is 18.1 Å². The lowest BCUT2D eigenvalue weighted by Gasteiger charge is -2.30. The number of amides is 1. The highest BCUT2D eigenvalue weighted by Gasteiger charge is 2.22. The normalized spacial score (nSPS) is 17.4. The number of carbonyl (C=O) groups is 1. The van der Waals surface area contributed by atoms with Gasteiger partial charge in [0.1, 0.15) is 12.4 Å². The highest BCUT2D eigenvalue weighted by atomic mass is 16.2. The molecular formula is C20H23N5O2. The standard InChI is InChI=1S/C20H23N5O2/c1-14-7-6-10-23(12-14)19(26)13-24-20(27)25-15(2)21-17(11-18(25)22-24)16-8-4-3-5-9-16/h3-5,8-9,11,14H,6-7,10,12-13H2,1-2H3. The number of benzene rings is 1. The molecule has 3 aromatic rings. The first-order valence-electron chi connectivity index (χ1n) is 9.33. The molecule has 0 radical (unpaired) electrons. The maximum absolute atomic E-state index is 12.7. The van der Waals surface area contributed by atoms with Crippen LogP contribution in [0, 0.1) is 12.8 Å². The van der Waals surface area contributed by atoms with Crippen LogP contribution in [0.3, 0.4) is 0 Å². The summed E-state index contributed by atoms with van der Waals surface area (Å²) in [6, 6.07) is 11.6. The number of fused-ring (bicyclic) bond motifs is 1. The molecule has 1 aliphatic rings. The molecule has 1 aromatic carbocycles. The third kappa shape index (κ3) is 3.37. The van der Waals surface area contributed by atoms with Gasteiger partial charge in [-0.1, -0.05) is 37.3 Å². The minimum atomic E-state index is -0.326. The van der Waals surface area contributed by atoms with Crippen LogP contribution in [0.4, 0.5) is 0 Å². The van der Waals surface area contributed by atoms with Crippen molar-refractivity contribution in [2.75, 3.05) is 13.1 Å². The van der Waals surface area contributed by atoms with E-state index in [9.17, 15) is 9.59 Å². The lowest BCUT2D eigenvalue weighted by atomic mass is 10.0. The summed E-state index contributed by atoms with van der Waals surface area (Å²) in [5, 5.41) is 4.39. The first kappa shape index (κ1) is 17.5. The van der Waals surface area contributed by atoms with Gasteiger partial charge in [-0.2, -0.15) is 0 Å². The molecule has 4 rings (SSSR count). The predicted molar refractivity (Wildman–Crippen MR) is 102 cm³/mol. The summed E-state index contributed by atoms with van der Waals surface area (Å²) in [6.07, 6.45) is 2.15. The van der Waals surface area contributed by atoms with Crippen molar-refractivity contribution in [1.82, 2.24) is 24.1 Å². The molecule has 27 heavy (non-hydrogen) atoms. The average Bonchev–Trinajstić information content (AvgIpc) is 2.98. The van der Waals surface area contributed by atoms with E-state index in [0.717, 1.165) is 37.2 Å². The van der Waals surface area contributed by atoms with E-state index in [0.29, 0.717) is 17.4 Å². The summed E-state index contributed by atoms with van der Waals surface area (Å²) in [5.74, 6) is 1.00. The van der Waals surface area contributed by atoms with E-state index in [1.54, 1.807) is 13.0 Å². The Bertz CT molecular complexity index is 1040. The lowest BCUT2D eigenvalue weighted by Crippen LogP contribution is -2.42. The molecule has 1 atom stereocenters. The van der Waals surface area contributed by atoms with Crippen LogP contribution in [0.15, 0.2) is 41.2 Å². The fourth-order valence-corrected chi connectivity index (χ4v) is 3.70. The second kappa shape index (κ2) is 6.98. The zero-order valence-electron chi connectivity index (χ0n) is 15.6. The third-order valence-electron chi connectivity index (χ3n) is 5.10. The van der Waals surface area contributed by atoms with Gasteiger partial charge in [0.2, 0.25) is 5.91 Å². The van der Waals surface area contributed by atoms with E-state index in [1.165, 1.54) is 9.08 Å². The molecule has 7 nitrogen and oxygen atoms in total. The molecule has 7 heteroatoms. The van der Waals surface area contributed by atoms with Crippen molar-refractivity contribution >= 4 is 11.6 Å². The number of hydrogen-bond donors (Lipinski definition) is 0. The summed E-state index contributed by atoms with van der Waals surface area (Å²) in [5.41, 5.74) is 1.90. The third-order valence-corrected chi connectivity index (χ3v) is 5.10. The molecule has 1 aliphatic heterocycles. The maximum Gasteiger partial charge on any atom is 0.352 e. The molecule has 1 amide bonds. The molecule has 1 fully saturated rings. The van der Waals surface area contributed by atoms with Crippen LogP contribution in [0.5, 0.6) is 0 Å². The Kier molecular flexibility index (Phi) is 4.51. The number of aryl methyl sites for hydroxylation is 1. The number of carbonyl (C=O) groups excluding carboxylic acids is 1. The summed E-state index contributed by atoms with van der Waals surface area (Å²) in [7, 11) is 0. The molecule has 1 saturated heterocycles. The molecule has 3 heterocycles. The molecule has 0 aliphatic carbocycles. The number of aromatic nitrogens is 4. The monoisotopic (exact) mass is 365 g/mol. The Balaban J connectivity index is 1.66. The van der Waals surface area contributed by atoms with Crippen molar-refractivity contribution in [3.05, 3.63) is 52.7 Å². The highest BCUT2D eigenvalue weighted by Crippen LogP contribution is 2.18. The van der Waals surface area contributed by atoms with Gasteiger partial charge in [0.05, 0.1) is 5.69 Å². The highest BCUT2D eigenvalue weighted by molar-refractivity contribution is 5.76.